The monoisotopic (exact) mass is 367 g/mol. The lowest BCUT2D eigenvalue weighted by Gasteiger charge is -2.19. The van der Waals surface area contributed by atoms with Gasteiger partial charge in [-0.1, -0.05) is 11.6 Å². The van der Waals surface area contributed by atoms with Gasteiger partial charge in [-0.15, -0.1) is 11.3 Å². The molecule has 2 N–H and O–H groups in total. The number of thiophene rings is 1. The first-order valence-corrected chi connectivity index (χ1v) is 9.34. The molecule has 0 bridgehead atoms. The van der Waals surface area contributed by atoms with Crippen molar-refractivity contribution < 1.29 is 27.3 Å². The van der Waals surface area contributed by atoms with Crippen LogP contribution in [0.1, 0.15) is 22.5 Å². The SMILES string of the molecule is CS(=O)(=O)O[C@@H]1C[C@H](C(=O)O)C[C@@H]1NC(=O)c1ccc(Cl)s1. The number of carboxylic acids is 1. The van der Waals surface area contributed by atoms with Crippen molar-refractivity contribution in [3.05, 3.63) is 21.3 Å². The second-order valence-electron chi connectivity index (χ2n) is 5.03. The van der Waals surface area contributed by atoms with E-state index in [2.05, 4.69) is 5.32 Å². The van der Waals surface area contributed by atoms with Crippen LogP contribution in [0.15, 0.2) is 12.1 Å². The molecule has 3 atom stereocenters. The van der Waals surface area contributed by atoms with Crippen molar-refractivity contribution in [3.63, 3.8) is 0 Å². The first-order valence-electron chi connectivity index (χ1n) is 6.33. The lowest BCUT2D eigenvalue weighted by molar-refractivity contribution is -0.141. The van der Waals surface area contributed by atoms with E-state index in [1.807, 2.05) is 0 Å². The number of carboxylic acid groups (broad SMARTS) is 1. The third-order valence-electron chi connectivity index (χ3n) is 3.27. The Morgan fingerprint density at radius 1 is 1.41 bits per heavy atom. The maximum absolute atomic E-state index is 12.1. The smallest absolute Gasteiger partial charge is 0.306 e. The quantitative estimate of drug-likeness (QED) is 0.760. The summed E-state index contributed by atoms with van der Waals surface area (Å²) in [5.41, 5.74) is 0. The van der Waals surface area contributed by atoms with Gasteiger partial charge in [-0.3, -0.25) is 13.8 Å². The first-order chi connectivity index (χ1) is 10.2. The predicted molar refractivity (Wildman–Crippen MR) is 80.7 cm³/mol. The summed E-state index contributed by atoms with van der Waals surface area (Å²) in [5, 5.41) is 11.7. The molecule has 2 rings (SSSR count). The van der Waals surface area contributed by atoms with Crippen LogP contribution in [0.25, 0.3) is 0 Å². The van der Waals surface area contributed by atoms with Gasteiger partial charge in [0.15, 0.2) is 0 Å². The topological polar surface area (TPSA) is 110 Å². The van der Waals surface area contributed by atoms with Gasteiger partial charge in [0.25, 0.3) is 16.0 Å². The van der Waals surface area contributed by atoms with E-state index in [-0.39, 0.29) is 12.8 Å². The van der Waals surface area contributed by atoms with Gasteiger partial charge in [0, 0.05) is 0 Å². The first kappa shape index (κ1) is 17.2. The largest absolute Gasteiger partial charge is 0.481 e. The van der Waals surface area contributed by atoms with Crippen molar-refractivity contribution in [1.82, 2.24) is 5.32 Å². The Hall–Kier alpha value is -1.16. The van der Waals surface area contributed by atoms with Crippen LogP contribution in [-0.4, -0.2) is 43.8 Å². The summed E-state index contributed by atoms with van der Waals surface area (Å²) in [6.07, 6.45) is 0.133. The number of rotatable bonds is 5. The molecule has 1 amide bonds. The second-order valence-corrected chi connectivity index (χ2v) is 8.34. The Labute approximate surface area is 136 Å². The maximum Gasteiger partial charge on any atom is 0.306 e. The van der Waals surface area contributed by atoms with E-state index in [1.165, 1.54) is 0 Å². The van der Waals surface area contributed by atoms with E-state index in [0.29, 0.717) is 9.21 Å². The minimum Gasteiger partial charge on any atom is -0.481 e. The van der Waals surface area contributed by atoms with E-state index < -0.39 is 40.1 Å². The molecule has 1 fully saturated rings. The fourth-order valence-electron chi connectivity index (χ4n) is 2.36. The number of aliphatic carboxylic acids is 1. The zero-order valence-electron chi connectivity index (χ0n) is 11.5. The summed E-state index contributed by atoms with van der Waals surface area (Å²) < 4.78 is 27.9. The predicted octanol–water partition coefficient (Wildman–Crippen LogP) is 1.34. The normalized spacial score (nSPS) is 25.1. The number of amides is 1. The molecule has 7 nitrogen and oxygen atoms in total. The third kappa shape index (κ3) is 4.42. The van der Waals surface area contributed by atoms with Crippen molar-refractivity contribution in [1.29, 1.82) is 0 Å². The van der Waals surface area contributed by atoms with Gasteiger partial charge in [0.2, 0.25) is 0 Å². The molecule has 0 unspecified atom stereocenters. The van der Waals surface area contributed by atoms with Crippen molar-refractivity contribution >= 4 is 44.9 Å². The second kappa shape index (κ2) is 6.53. The van der Waals surface area contributed by atoms with E-state index in [4.69, 9.17) is 20.9 Å². The van der Waals surface area contributed by atoms with Gasteiger partial charge in [-0.25, -0.2) is 0 Å². The lowest BCUT2D eigenvalue weighted by atomic mass is 10.1. The van der Waals surface area contributed by atoms with Crippen LogP contribution in [0.4, 0.5) is 0 Å². The van der Waals surface area contributed by atoms with E-state index in [1.54, 1.807) is 12.1 Å². The highest BCUT2D eigenvalue weighted by Gasteiger charge is 2.41. The molecule has 10 heteroatoms. The summed E-state index contributed by atoms with van der Waals surface area (Å²) in [6, 6.07) is 2.42. The number of hydrogen-bond donors (Lipinski definition) is 2. The Morgan fingerprint density at radius 2 is 2.09 bits per heavy atom. The fraction of sp³-hybridized carbons (Fsp3) is 0.500. The molecule has 0 aromatic carbocycles. The molecule has 0 radical (unpaired) electrons. The van der Waals surface area contributed by atoms with Gasteiger partial charge in [0.1, 0.15) is 0 Å². The zero-order valence-corrected chi connectivity index (χ0v) is 13.9. The fourth-order valence-corrected chi connectivity index (χ4v) is 3.97. The Kier molecular flexibility index (Phi) is 5.10. The number of carbonyl (C=O) groups excluding carboxylic acids is 1. The molecular weight excluding hydrogens is 354 g/mol. The standard InChI is InChI=1S/C12H14ClNO6S2/c1-22(18,19)20-8-5-6(12(16)17)4-7(8)14-11(15)9-2-3-10(13)21-9/h2-3,6-8H,4-5H2,1H3,(H,14,15)(H,16,17)/t6-,7+,8-/m1/s1. The number of halogens is 1. The summed E-state index contributed by atoms with van der Waals surface area (Å²) in [6.45, 7) is 0. The van der Waals surface area contributed by atoms with Crippen molar-refractivity contribution in [3.8, 4) is 0 Å². The average Bonchev–Trinajstić information content (AvgIpc) is 2.95. The van der Waals surface area contributed by atoms with Crippen LogP contribution in [0.2, 0.25) is 4.34 Å². The van der Waals surface area contributed by atoms with Crippen LogP contribution in [-0.2, 0) is 19.1 Å². The Bertz CT molecular complexity index is 686. The van der Waals surface area contributed by atoms with E-state index >= 15 is 0 Å². The van der Waals surface area contributed by atoms with Crippen LogP contribution in [0, 0.1) is 5.92 Å². The van der Waals surface area contributed by atoms with Gasteiger partial charge >= 0.3 is 5.97 Å². The molecule has 22 heavy (non-hydrogen) atoms. The molecular formula is C12H14ClNO6S2. The molecule has 122 valence electrons. The minimum absolute atomic E-state index is 0.0263. The molecule has 0 aliphatic heterocycles. The van der Waals surface area contributed by atoms with E-state index in [0.717, 1.165) is 17.6 Å². The Morgan fingerprint density at radius 3 is 2.59 bits per heavy atom. The zero-order chi connectivity index (χ0) is 16.5. The van der Waals surface area contributed by atoms with Crippen LogP contribution >= 0.6 is 22.9 Å². The van der Waals surface area contributed by atoms with Crippen LogP contribution < -0.4 is 5.32 Å². The number of carbonyl (C=O) groups is 2. The van der Waals surface area contributed by atoms with Crippen molar-refractivity contribution in [2.45, 2.75) is 25.0 Å². The van der Waals surface area contributed by atoms with Crippen LogP contribution in [0.3, 0.4) is 0 Å². The summed E-state index contributed by atoms with van der Waals surface area (Å²) >= 11 is 6.84. The van der Waals surface area contributed by atoms with Crippen LogP contribution in [0.5, 0.6) is 0 Å². The molecule has 1 saturated carbocycles. The van der Waals surface area contributed by atoms with Gasteiger partial charge in [0.05, 0.1) is 33.5 Å². The molecule has 1 aromatic rings. The average molecular weight is 368 g/mol. The number of hydrogen-bond acceptors (Lipinski definition) is 6. The molecule has 0 spiro atoms. The summed E-state index contributed by atoms with van der Waals surface area (Å²) in [7, 11) is -3.75. The highest BCUT2D eigenvalue weighted by atomic mass is 35.5. The minimum atomic E-state index is -3.75. The van der Waals surface area contributed by atoms with Gasteiger partial charge < -0.3 is 10.4 Å². The maximum atomic E-state index is 12.1. The van der Waals surface area contributed by atoms with Crippen molar-refractivity contribution in [2.24, 2.45) is 5.92 Å². The summed E-state index contributed by atoms with van der Waals surface area (Å²) in [4.78, 5) is 23.5. The molecule has 1 aliphatic rings. The molecule has 1 heterocycles. The highest BCUT2D eigenvalue weighted by molar-refractivity contribution is 7.86. The lowest BCUT2D eigenvalue weighted by Crippen LogP contribution is -2.41. The third-order valence-corrected chi connectivity index (χ3v) is 5.09. The molecule has 0 saturated heterocycles. The highest BCUT2D eigenvalue weighted by Crippen LogP contribution is 2.30. The summed E-state index contributed by atoms with van der Waals surface area (Å²) in [5.74, 6) is -2.24. The molecule has 1 aliphatic carbocycles. The number of nitrogens with one attached hydrogen (secondary N) is 1. The van der Waals surface area contributed by atoms with Gasteiger partial charge in [-0.2, -0.15) is 8.42 Å². The van der Waals surface area contributed by atoms with Crippen molar-refractivity contribution in [2.75, 3.05) is 6.26 Å². The Balaban J connectivity index is 2.11. The van der Waals surface area contributed by atoms with E-state index in [9.17, 15) is 18.0 Å². The molecule has 1 aromatic heterocycles. The van der Waals surface area contributed by atoms with Gasteiger partial charge in [-0.05, 0) is 25.0 Å².